The summed E-state index contributed by atoms with van der Waals surface area (Å²) < 4.78 is 1.90. The average Bonchev–Trinajstić information content (AvgIpc) is 3.17. The van der Waals surface area contributed by atoms with Gasteiger partial charge in [0.15, 0.2) is 5.65 Å². The summed E-state index contributed by atoms with van der Waals surface area (Å²) in [6.45, 7) is 6.81. The van der Waals surface area contributed by atoms with E-state index >= 15 is 0 Å². The minimum Gasteiger partial charge on any atom is -0.349 e. The molecule has 4 heterocycles. The minimum atomic E-state index is -0.00605. The normalized spacial score (nSPS) is 23.4. The summed E-state index contributed by atoms with van der Waals surface area (Å²) in [4.78, 5) is 21.0. The number of hydrogen-bond acceptors (Lipinski definition) is 4. The number of rotatable bonds is 4. The van der Waals surface area contributed by atoms with Crippen LogP contribution in [0.25, 0.3) is 22.3 Å². The lowest BCUT2D eigenvalue weighted by atomic mass is 9.97. The van der Waals surface area contributed by atoms with Gasteiger partial charge in [0.2, 0.25) is 0 Å². The van der Waals surface area contributed by atoms with Crippen molar-refractivity contribution in [2.24, 2.45) is 0 Å². The minimum absolute atomic E-state index is 0.00605. The van der Waals surface area contributed by atoms with Crippen molar-refractivity contribution in [1.29, 1.82) is 0 Å². The van der Waals surface area contributed by atoms with Gasteiger partial charge in [-0.1, -0.05) is 29.8 Å². The molecule has 0 radical (unpaired) electrons. The maximum Gasteiger partial charge on any atom is 0.252 e. The molecule has 0 saturated carbocycles. The Labute approximate surface area is 183 Å². The number of fused-ring (bicyclic) bond motifs is 3. The van der Waals surface area contributed by atoms with Gasteiger partial charge < -0.3 is 10.2 Å². The monoisotopic (exact) mass is 417 g/mol. The quantitative estimate of drug-likeness (QED) is 0.695. The second-order valence-electron chi connectivity index (χ2n) is 9.21. The Kier molecular flexibility index (Phi) is 5.05. The van der Waals surface area contributed by atoms with Crippen LogP contribution < -0.4 is 5.32 Å². The number of aromatic nitrogens is 3. The van der Waals surface area contributed by atoms with Crippen molar-refractivity contribution < 1.29 is 4.79 Å². The maximum atomic E-state index is 13.5. The van der Waals surface area contributed by atoms with Crippen molar-refractivity contribution in [1.82, 2.24) is 25.0 Å². The van der Waals surface area contributed by atoms with Gasteiger partial charge in [-0.3, -0.25) is 4.79 Å². The van der Waals surface area contributed by atoms with Gasteiger partial charge in [-0.25, -0.2) is 9.67 Å². The summed E-state index contributed by atoms with van der Waals surface area (Å²) in [5.74, 6) is -0.00605. The molecule has 6 heteroatoms. The Morgan fingerprint density at radius 3 is 2.45 bits per heavy atom. The first kappa shape index (κ1) is 20.2. The Morgan fingerprint density at radius 1 is 1.13 bits per heavy atom. The molecule has 2 saturated heterocycles. The van der Waals surface area contributed by atoms with E-state index in [0.29, 0.717) is 24.2 Å². The first-order valence-electron chi connectivity index (χ1n) is 11.4. The Hall–Kier alpha value is -2.73. The van der Waals surface area contributed by atoms with Gasteiger partial charge in [-0.05, 0) is 59.6 Å². The molecule has 2 aromatic heterocycles. The van der Waals surface area contributed by atoms with E-state index in [1.54, 1.807) is 0 Å². The van der Waals surface area contributed by atoms with Gasteiger partial charge in [-0.2, -0.15) is 5.10 Å². The highest BCUT2D eigenvalue weighted by Crippen LogP contribution is 2.34. The SMILES string of the molecule is CCn1nc(C)c2c(C(=O)NC3C[C@H]4CC[C@@H](C3)N4C)cc(-c3ccc(C)cc3)nc21. The zero-order valence-electron chi connectivity index (χ0n) is 18.9. The average molecular weight is 418 g/mol. The standard InChI is InChI=1S/C25H31N5O/c1-5-30-24-23(16(3)28-30)21(14-22(27-24)17-8-6-15(2)7-9-17)25(31)26-18-12-19-10-11-20(13-18)29(19)4/h6-9,14,18-20H,5,10-13H2,1-4H3,(H,26,31)/t18?,19-,20+. The van der Waals surface area contributed by atoms with Crippen LogP contribution in [0.1, 0.15) is 54.2 Å². The maximum absolute atomic E-state index is 13.5. The van der Waals surface area contributed by atoms with Gasteiger partial charge in [0.25, 0.3) is 5.91 Å². The van der Waals surface area contributed by atoms with Crippen molar-refractivity contribution in [3.63, 3.8) is 0 Å². The van der Waals surface area contributed by atoms with E-state index in [9.17, 15) is 4.79 Å². The number of hydrogen-bond donors (Lipinski definition) is 1. The van der Waals surface area contributed by atoms with Crippen LogP contribution in [0.4, 0.5) is 0 Å². The number of aryl methyl sites for hydroxylation is 3. The molecule has 2 aliphatic heterocycles. The predicted octanol–water partition coefficient (Wildman–Crippen LogP) is 4.09. The first-order chi connectivity index (χ1) is 14.9. The summed E-state index contributed by atoms with van der Waals surface area (Å²) >= 11 is 0. The highest BCUT2D eigenvalue weighted by molar-refractivity contribution is 6.07. The number of piperidine rings is 1. The zero-order valence-corrected chi connectivity index (χ0v) is 18.9. The fourth-order valence-corrected chi connectivity index (χ4v) is 5.42. The van der Waals surface area contributed by atoms with Crippen LogP contribution in [0.15, 0.2) is 30.3 Å². The van der Waals surface area contributed by atoms with Crippen molar-refractivity contribution in [3.8, 4) is 11.3 Å². The molecule has 2 bridgehead atoms. The molecule has 3 aromatic rings. The van der Waals surface area contributed by atoms with Crippen LogP contribution in [0.5, 0.6) is 0 Å². The molecule has 31 heavy (non-hydrogen) atoms. The summed E-state index contributed by atoms with van der Waals surface area (Å²) in [6, 6.07) is 11.7. The topological polar surface area (TPSA) is 63.1 Å². The van der Waals surface area contributed by atoms with Crippen LogP contribution in [0, 0.1) is 13.8 Å². The second-order valence-corrected chi connectivity index (χ2v) is 9.21. The van der Waals surface area contributed by atoms with Crippen LogP contribution in [0.2, 0.25) is 0 Å². The van der Waals surface area contributed by atoms with Crippen molar-refractivity contribution >= 4 is 16.9 Å². The Bertz CT molecular complexity index is 1120. The van der Waals surface area contributed by atoms with E-state index in [1.165, 1.54) is 18.4 Å². The highest BCUT2D eigenvalue weighted by atomic mass is 16.1. The number of carbonyl (C=O) groups excluding carboxylic acids is 1. The number of pyridine rings is 1. The van der Waals surface area contributed by atoms with Crippen LogP contribution in [-0.2, 0) is 6.54 Å². The highest BCUT2D eigenvalue weighted by Gasteiger charge is 2.39. The molecule has 1 aromatic carbocycles. The molecular weight excluding hydrogens is 386 g/mol. The van der Waals surface area contributed by atoms with Gasteiger partial charge in [-0.15, -0.1) is 0 Å². The van der Waals surface area contributed by atoms with Crippen molar-refractivity contribution in [2.75, 3.05) is 7.05 Å². The second kappa shape index (κ2) is 7.75. The number of amides is 1. The van der Waals surface area contributed by atoms with Gasteiger partial charge in [0, 0.05) is 30.2 Å². The Morgan fingerprint density at radius 2 is 1.81 bits per heavy atom. The number of nitrogens with zero attached hydrogens (tertiary/aromatic N) is 4. The first-order valence-corrected chi connectivity index (χ1v) is 11.4. The number of carbonyl (C=O) groups is 1. The van der Waals surface area contributed by atoms with Crippen LogP contribution in [-0.4, -0.2) is 50.7 Å². The van der Waals surface area contributed by atoms with Gasteiger partial charge >= 0.3 is 0 Å². The molecule has 1 unspecified atom stereocenters. The zero-order chi connectivity index (χ0) is 21.7. The molecule has 0 aliphatic carbocycles. The number of nitrogens with one attached hydrogen (secondary N) is 1. The summed E-state index contributed by atoms with van der Waals surface area (Å²) in [5, 5.41) is 8.89. The molecule has 162 valence electrons. The molecule has 1 amide bonds. The molecule has 0 spiro atoms. The van der Waals surface area contributed by atoms with Gasteiger partial charge in [0.1, 0.15) is 0 Å². The van der Waals surface area contributed by atoms with E-state index in [0.717, 1.165) is 40.8 Å². The predicted molar refractivity (Wildman–Crippen MR) is 123 cm³/mol. The lowest BCUT2D eigenvalue weighted by molar-refractivity contribution is 0.0884. The molecule has 1 N–H and O–H groups in total. The van der Waals surface area contributed by atoms with E-state index in [-0.39, 0.29) is 11.9 Å². The smallest absolute Gasteiger partial charge is 0.252 e. The molecule has 6 nitrogen and oxygen atoms in total. The lowest BCUT2D eigenvalue weighted by Gasteiger charge is -2.36. The van der Waals surface area contributed by atoms with E-state index in [1.807, 2.05) is 17.7 Å². The van der Waals surface area contributed by atoms with Crippen LogP contribution in [0.3, 0.4) is 0 Å². The number of benzene rings is 1. The fourth-order valence-electron chi connectivity index (χ4n) is 5.42. The van der Waals surface area contributed by atoms with Crippen LogP contribution >= 0.6 is 0 Å². The van der Waals surface area contributed by atoms with Crippen molar-refractivity contribution in [3.05, 3.63) is 47.2 Å². The molecule has 2 fully saturated rings. The lowest BCUT2D eigenvalue weighted by Crippen LogP contribution is -2.48. The van der Waals surface area contributed by atoms with E-state index < -0.39 is 0 Å². The largest absolute Gasteiger partial charge is 0.349 e. The third-order valence-electron chi connectivity index (χ3n) is 7.20. The molecule has 2 aliphatic rings. The van der Waals surface area contributed by atoms with Crippen molar-refractivity contribution in [2.45, 2.75) is 71.1 Å². The Balaban J connectivity index is 1.54. The fraction of sp³-hybridized carbons (Fsp3) is 0.480. The van der Waals surface area contributed by atoms with Gasteiger partial charge in [0.05, 0.1) is 22.3 Å². The third-order valence-corrected chi connectivity index (χ3v) is 7.20. The van der Waals surface area contributed by atoms with E-state index in [2.05, 4.69) is 60.5 Å². The third kappa shape index (κ3) is 3.53. The molecular formula is C25H31N5O. The summed E-state index contributed by atoms with van der Waals surface area (Å²) in [6.07, 6.45) is 4.55. The van der Waals surface area contributed by atoms with E-state index in [4.69, 9.17) is 4.98 Å². The summed E-state index contributed by atoms with van der Waals surface area (Å²) in [7, 11) is 2.23. The summed E-state index contributed by atoms with van der Waals surface area (Å²) in [5.41, 5.74) is 5.36. The molecule has 3 atom stereocenters. The molecule has 5 rings (SSSR count).